The molecule has 21 heavy (non-hydrogen) atoms. The van der Waals surface area contributed by atoms with Crippen LogP contribution in [0.25, 0.3) is 22.4 Å². The summed E-state index contributed by atoms with van der Waals surface area (Å²) in [5.41, 5.74) is 9.98. The molecule has 106 valence electrons. The van der Waals surface area contributed by atoms with Crippen molar-refractivity contribution in [2.24, 2.45) is 0 Å². The average molecular weight is 519 g/mol. The lowest BCUT2D eigenvalue weighted by molar-refractivity contribution is 1.10. The first-order valence-electron chi connectivity index (χ1n) is 6.11. The second kappa shape index (κ2) is 6.10. The minimum atomic E-state index is 0.498. The van der Waals surface area contributed by atoms with Crippen molar-refractivity contribution in [2.75, 3.05) is 5.73 Å². The molecule has 0 saturated carbocycles. The van der Waals surface area contributed by atoms with Crippen LogP contribution in [0.2, 0.25) is 0 Å². The number of H-pyrrole nitrogens is 1. The number of hydrogen-bond donors (Lipinski definition) is 2. The van der Waals surface area contributed by atoms with Crippen molar-refractivity contribution >= 4 is 60.3 Å². The van der Waals surface area contributed by atoms with Gasteiger partial charge in [0.2, 0.25) is 0 Å². The van der Waals surface area contributed by atoms with Crippen molar-refractivity contribution in [3.8, 4) is 22.4 Å². The Morgan fingerprint density at radius 2 is 1.76 bits per heavy atom. The Kier molecular flexibility index (Phi) is 4.37. The number of nitrogens with zero attached hydrogens (tertiary/aromatic N) is 1. The summed E-state index contributed by atoms with van der Waals surface area (Å²) in [4.78, 5) is 0. The zero-order chi connectivity index (χ0) is 15.0. The van der Waals surface area contributed by atoms with Crippen molar-refractivity contribution in [2.45, 2.75) is 0 Å². The number of nitrogens with one attached hydrogen (secondary N) is 1. The summed E-state index contributed by atoms with van der Waals surface area (Å²) in [6.45, 7) is 0. The average Bonchev–Trinajstić information content (AvgIpc) is 2.84. The van der Waals surface area contributed by atoms with Crippen LogP contribution in [-0.4, -0.2) is 10.2 Å². The third-order valence-corrected chi connectivity index (χ3v) is 5.02. The largest absolute Gasteiger partial charge is 0.382 e. The summed E-state index contributed by atoms with van der Waals surface area (Å²) in [5, 5.41) is 7.23. The number of anilines is 1. The van der Waals surface area contributed by atoms with Crippen molar-refractivity contribution in [1.29, 1.82) is 0 Å². The predicted octanol–water partition coefficient (Wildman–Crippen LogP) is 5.46. The second-order valence-corrected chi connectivity index (χ2v) is 7.51. The molecule has 6 heteroatoms. The number of nitrogen functional groups attached to an aromatic ring is 1. The molecule has 0 aliphatic rings. The van der Waals surface area contributed by atoms with Crippen molar-refractivity contribution in [3.63, 3.8) is 0 Å². The van der Waals surface area contributed by atoms with Gasteiger partial charge >= 0.3 is 0 Å². The van der Waals surface area contributed by atoms with Gasteiger partial charge in [-0.05, 0) is 58.5 Å². The zero-order valence-corrected chi connectivity index (χ0v) is 16.0. The van der Waals surface area contributed by atoms with E-state index in [0.717, 1.165) is 34.9 Å². The number of aromatic amines is 1. The first kappa shape index (κ1) is 15.1. The third kappa shape index (κ3) is 3.02. The van der Waals surface area contributed by atoms with E-state index in [0.29, 0.717) is 5.82 Å². The molecule has 3 nitrogen and oxygen atoms in total. The van der Waals surface area contributed by atoms with Crippen LogP contribution in [-0.2, 0) is 0 Å². The Bertz CT molecular complexity index is 797. The minimum Gasteiger partial charge on any atom is -0.382 e. The van der Waals surface area contributed by atoms with Crippen molar-refractivity contribution < 1.29 is 0 Å². The quantitative estimate of drug-likeness (QED) is 0.443. The molecule has 0 aliphatic heterocycles. The Hall–Kier alpha value is -0.860. The molecule has 1 heterocycles. The van der Waals surface area contributed by atoms with Gasteiger partial charge in [0.15, 0.2) is 5.82 Å². The van der Waals surface area contributed by atoms with Gasteiger partial charge in [-0.25, -0.2) is 0 Å². The number of aromatic nitrogens is 2. The van der Waals surface area contributed by atoms with E-state index in [9.17, 15) is 0 Å². The lowest BCUT2D eigenvalue weighted by Gasteiger charge is -2.07. The lowest BCUT2D eigenvalue weighted by atomic mass is 10.0. The molecule has 3 rings (SSSR count). The standard InChI is InChI=1S/C15H10Br2IN3/c16-9-3-1-8(2-4-9)13-14(20-21-15(13)19)11-7-10(18)5-6-12(11)17/h1-7H,(H3,19,20,21). The van der Waals surface area contributed by atoms with Crippen molar-refractivity contribution in [1.82, 2.24) is 10.2 Å². The number of benzene rings is 2. The topological polar surface area (TPSA) is 54.7 Å². The van der Waals surface area contributed by atoms with Crippen LogP contribution >= 0.6 is 54.5 Å². The molecule has 0 radical (unpaired) electrons. The molecule has 0 aliphatic carbocycles. The summed E-state index contributed by atoms with van der Waals surface area (Å²) in [7, 11) is 0. The third-order valence-electron chi connectivity index (χ3n) is 3.12. The molecule has 3 N–H and O–H groups in total. The summed E-state index contributed by atoms with van der Waals surface area (Å²) in [6.07, 6.45) is 0. The van der Waals surface area contributed by atoms with E-state index in [2.05, 4.69) is 70.7 Å². The molecule has 0 unspecified atom stereocenters. The maximum absolute atomic E-state index is 6.07. The molecule has 2 aromatic carbocycles. The molecule has 1 aromatic heterocycles. The fraction of sp³-hybridized carbons (Fsp3) is 0. The van der Waals surface area contributed by atoms with Gasteiger partial charge in [-0.15, -0.1) is 0 Å². The normalized spacial score (nSPS) is 10.8. The number of rotatable bonds is 2. The van der Waals surface area contributed by atoms with Crippen LogP contribution in [0, 0.1) is 3.57 Å². The van der Waals surface area contributed by atoms with Gasteiger partial charge in [0.25, 0.3) is 0 Å². The summed E-state index contributed by atoms with van der Waals surface area (Å²) in [5.74, 6) is 0.498. The first-order valence-corrected chi connectivity index (χ1v) is 8.78. The molecule has 0 spiro atoms. The van der Waals surface area contributed by atoms with E-state index in [4.69, 9.17) is 5.73 Å². The molecule has 0 fully saturated rings. The Morgan fingerprint density at radius 1 is 1.05 bits per heavy atom. The fourth-order valence-electron chi connectivity index (χ4n) is 2.15. The maximum atomic E-state index is 6.07. The van der Waals surface area contributed by atoms with Crippen LogP contribution in [0.3, 0.4) is 0 Å². The zero-order valence-electron chi connectivity index (χ0n) is 10.7. The van der Waals surface area contributed by atoms with Gasteiger partial charge in [0.05, 0.1) is 11.3 Å². The SMILES string of the molecule is Nc1n[nH]c(-c2cc(I)ccc2Br)c1-c1ccc(Br)cc1. The summed E-state index contributed by atoms with van der Waals surface area (Å²) < 4.78 is 3.19. The lowest BCUT2D eigenvalue weighted by Crippen LogP contribution is -1.89. The number of hydrogen-bond acceptors (Lipinski definition) is 2. The second-order valence-electron chi connectivity index (χ2n) is 4.49. The van der Waals surface area contributed by atoms with Crippen LogP contribution in [0.1, 0.15) is 0 Å². The van der Waals surface area contributed by atoms with Crippen molar-refractivity contribution in [3.05, 3.63) is 55.0 Å². The van der Waals surface area contributed by atoms with Gasteiger partial charge < -0.3 is 5.73 Å². The Morgan fingerprint density at radius 3 is 2.48 bits per heavy atom. The van der Waals surface area contributed by atoms with E-state index >= 15 is 0 Å². The van der Waals surface area contributed by atoms with Crippen LogP contribution < -0.4 is 5.73 Å². The maximum Gasteiger partial charge on any atom is 0.153 e. The molecular formula is C15H10Br2IN3. The van der Waals surface area contributed by atoms with E-state index in [1.165, 1.54) is 0 Å². The highest BCUT2D eigenvalue weighted by molar-refractivity contribution is 14.1. The first-order chi connectivity index (χ1) is 10.1. The monoisotopic (exact) mass is 517 g/mol. The van der Waals surface area contributed by atoms with Gasteiger partial charge in [-0.2, -0.15) is 5.10 Å². The molecule has 3 aromatic rings. The fourth-order valence-corrected chi connectivity index (χ4v) is 3.35. The number of halogens is 3. The summed E-state index contributed by atoms with van der Waals surface area (Å²) in [6, 6.07) is 14.2. The van der Waals surface area contributed by atoms with Crippen LogP contribution in [0.4, 0.5) is 5.82 Å². The molecule has 0 saturated heterocycles. The molecule has 0 atom stereocenters. The molecule has 0 bridgehead atoms. The van der Waals surface area contributed by atoms with E-state index in [1.807, 2.05) is 36.4 Å². The highest BCUT2D eigenvalue weighted by Crippen LogP contribution is 2.38. The highest BCUT2D eigenvalue weighted by Gasteiger charge is 2.16. The van der Waals surface area contributed by atoms with Gasteiger partial charge in [-0.3, -0.25) is 5.10 Å². The smallest absolute Gasteiger partial charge is 0.153 e. The van der Waals surface area contributed by atoms with E-state index in [-0.39, 0.29) is 0 Å². The van der Waals surface area contributed by atoms with Gasteiger partial charge in [0.1, 0.15) is 0 Å². The Balaban J connectivity index is 2.21. The van der Waals surface area contributed by atoms with E-state index in [1.54, 1.807) is 0 Å². The highest BCUT2D eigenvalue weighted by atomic mass is 127. The Labute approximate surface area is 152 Å². The predicted molar refractivity (Wildman–Crippen MR) is 102 cm³/mol. The minimum absolute atomic E-state index is 0.498. The van der Waals surface area contributed by atoms with E-state index < -0.39 is 0 Å². The summed E-state index contributed by atoms with van der Waals surface area (Å²) >= 11 is 9.34. The van der Waals surface area contributed by atoms with Crippen LogP contribution in [0.5, 0.6) is 0 Å². The van der Waals surface area contributed by atoms with Gasteiger partial charge in [0, 0.05) is 18.1 Å². The van der Waals surface area contributed by atoms with Gasteiger partial charge in [-0.1, -0.05) is 44.0 Å². The van der Waals surface area contributed by atoms with Crippen LogP contribution in [0.15, 0.2) is 51.4 Å². The molecular weight excluding hydrogens is 509 g/mol. The molecule has 0 amide bonds. The number of nitrogens with two attached hydrogens (primary N) is 1.